The van der Waals surface area contributed by atoms with E-state index in [0.717, 1.165) is 36.8 Å². The van der Waals surface area contributed by atoms with Crippen molar-refractivity contribution in [1.82, 2.24) is 10.5 Å². The van der Waals surface area contributed by atoms with Crippen molar-refractivity contribution in [3.05, 3.63) is 59.3 Å². The quantitative estimate of drug-likeness (QED) is 0.699. The number of hydrogen-bond acceptors (Lipinski definition) is 5. The summed E-state index contributed by atoms with van der Waals surface area (Å²) in [6.45, 7) is 0.335. The van der Waals surface area contributed by atoms with E-state index in [1.54, 1.807) is 12.3 Å². The number of nitrogens with two attached hydrogens (primary N) is 2. The van der Waals surface area contributed by atoms with Crippen molar-refractivity contribution >= 4 is 11.7 Å². The average Bonchev–Trinajstić information content (AvgIpc) is 3.02. The van der Waals surface area contributed by atoms with Crippen LogP contribution >= 0.6 is 0 Å². The van der Waals surface area contributed by atoms with Gasteiger partial charge in [-0.1, -0.05) is 31.0 Å². The van der Waals surface area contributed by atoms with Crippen molar-refractivity contribution in [2.24, 2.45) is 5.73 Å². The molecule has 1 amide bonds. The monoisotopic (exact) mass is 340 g/mol. The predicted molar refractivity (Wildman–Crippen MR) is 96.7 cm³/mol. The number of hydroxylamine groups is 1. The van der Waals surface area contributed by atoms with Crippen molar-refractivity contribution in [1.29, 1.82) is 0 Å². The van der Waals surface area contributed by atoms with Gasteiger partial charge in [0.25, 0.3) is 5.91 Å². The van der Waals surface area contributed by atoms with Crippen LogP contribution in [0.3, 0.4) is 0 Å². The summed E-state index contributed by atoms with van der Waals surface area (Å²) >= 11 is 0. The lowest BCUT2D eigenvalue weighted by Gasteiger charge is -2.22. The fraction of sp³-hybridized carbons (Fsp3) is 0.368. The molecule has 132 valence electrons. The SMILES string of the molecule is Nc1cc(Cc2ccccc2C(=O)NOCC2(N)CCCC2)ccn1. The second kappa shape index (κ2) is 7.63. The lowest BCUT2D eigenvalue weighted by atomic mass is 10.00. The minimum absolute atomic E-state index is 0.265. The first kappa shape index (κ1) is 17.4. The highest BCUT2D eigenvalue weighted by molar-refractivity contribution is 5.95. The Labute approximate surface area is 147 Å². The van der Waals surface area contributed by atoms with Gasteiger partial charge in [-0.25, -0.2) is 10.5 Å². The van der Waals surface area contributed by atoms with Gasteiger partial charge in [0.15, 0.2) is 0 Å². The van der Waals surface area contributed by atoms with Gasteiger partial charge >= 0.3 is 0 Å². The summed E-state index contributed by atoms with van der Waals surface area (Å²) in [4.78, 5) is 21.9. The van der Waals surface area contributed by atoms with E-state index >= 15 is 0 Å². The fourth-order valence-corrected chi connectivity index (χ4v) is 3.24. The van der Waals surface area contributed by atoms with E-state index in [1.165, 1.54) is 0 Å². The number of amides is 1. The second-order valence-corrected chi connectivity index (χ2v) is 6.71. The highest BCUT2D eigenvalue weighted by atomic mass is 16.7. The summed E-state index contributed by atoms with van der Waals surface area (Å²) in [6.07, 6.45) is 6.36. The van der Waals surface area contributed by atoms with Gasteiger partial charge in [-0.2, -0.15) is 0 Å². The molecule has 5 N–H and O–H groups in total. The van der Waals surface area contributed by atoms with Gasteiger partial charge in [0.1, 0.15) is 5.82 Å². The first-order valence-electron chi connectivity index (χ1n) is 8.55. The van der Waals surface area contributed by atoms with Gasteiger partial charge in [0, 0.05) is 17.3 Å². The van der Waals surface area contributed by atoms with Crippen LogP contribution in [0.1, 0.15) is 47.2 Å². The van der Waals surface area contributed by atoms with Crippen LogP contribution in [0, 0.1) is 0 Å². The van der Waals surface area contributed by atoms with Crippen LogP contribution < -0.4 is 16.9 Å². The molecule has 6 nitrogen and oxygen atoms in total. The van der Waals surface area contributed by atoms with E-state index in [-0.39, 0.29) is 11.4 Å². The molecular formula is C19H24N4O2. The molecule has 1 aromatic heterocycles. The van der Waals surface area contributed by atoms with Gasteiger partial charge in [-0.3, -0.25) is 9.63 Å². The number of pyridine rings is 1. The number of rotatable bonds is 6. The summed E-state index contributed by atoms with van der Waals surface area (Å²) in [6, 6.07) is 11.1. The highest BCUT2D eigenvalue weighted by Crippen LogP contribution is 2.27. The third-order valence-electron chi connectivity index (χ3n) is 4.63. The molecule has 1 aromatic carbocycles. The zero-order chi connectivity index (χ0) is 17.7. The Morgan fingerprint density at radius 3 is 2.76 bits per heavy atom. The summed E-state index contributed by atoms with van der Waals surface area (Å²) in [7, 11) is 0. The molecule has 3 rings (SSSR count). The van der Waals surface area contributed by atoms with Crippen molar-refractivity contribution in [3.8, 4) is 0 Å². The number of nitrogen functional groups attached to an aromatic ring is 1. The topological polar surface area (TPSA) is 103 Å². The molecule has 2 aromatic rings. The molecule has 1 saturated carbocycles. The number of aromatic nitrogens is 1. The second-order valence-electron chi connectivity index (χ2n) is 6.71. The molecule has 1 aliphatic rings. The third kappa shape index (κ3) is 4.55. The van der Waals surface area contributed by atoms with Crippen LogP contribution in [0.25, 0.3) is 0 Å². The van der Waals surface area contributed by atoms with E-state index in [4.69, 9.17) is 16.3 Å². The van der Waals surface area contributed by atoms with Gasteiger partial charge in [-0.05, 0) is 48.6 Å². The van der Waals surface area contributed by atoms with E-state index in [9.17, 15) is 4.79 Å². The van der Waals surface area contributed by atoms with Gasteiger partial charge < -0.3 is 11.5 Å². The largest absolute Gasteiger partial charge is 0.384 e. The molecule has 0 atom stereocenters. The summed E-state index contributed by atoms with van der Waals surface area (Å²) < 4.78 is 0. The third-order valence-corrected chi connectivity index (χ3v) is 4.63. The van der Waals surface area contributed by atoms with Crippen LogP contribution in [0.2, 0.25) is 0 Å². The molecule has 1 fully saturated rings. The Bertz CT molecular complexity index is 742. The van der Waals surface area contributed by atoms with Crippen molar-refractivity contribution in [2.75, 3.05) is 12.3 Å². The van der Waals surface area contributed by atoms with Gasteiger partial charge in [0.05, 0.1) is 6.61 Å². The normalized spacial score (nSPS) is 15.9. The minimum atomic E-state index is -0.318. The lowest BCUT2D eigenvalue weighted by Crippen LogP contribution is -2.44. The fourth-order valence-electron chi connectivity index (χ4n) is 3.24. The van der Waals surface area contributed by atoms with E-state index in [1.807, 2.05) is 30.3 Å². The number of anilines is 1. The lowest BCUT2D eigenvalue weighted by molar-refractivity contribution is 0.0106. The number of benzene rings is 1. The number of nitrogens with one attached hydrogen (secondary N) is 1. The maximum absolute atomic E-state index is 12.5. The van der Waals surface area contributed by atoms with Crippen molar-refractivity contribution in [2.45, 2.75) is 37.6 Å². The smallest absolute Gasteiger partial charge is 0.275 e. The number of carbonyl (C=O) groups excluding carboxylic acids is 1. The zero-order valence-corrected chi connectivity index (χ0v) is 14.2. The Morgan fingerprint density at radius 2 is 2.00 bits per heavy atom. The first-order chi connectivity index (χ1) is 12.1. The van der Waals surface area contributed by atoms with Crippen LogP contribution in [0.5, 0.6) is 0 Å². The maximum atomic E-state index is 12.5. The molecule has 0 unspecified atom stereocenters. The van der Waals surface area contributed by atoms with Gasteiger partial charge in [0.2, 0.25) is 0 Å². The van der Waals surface area contributed by atoms with Crippen LogP contribution in [-0.4, -0.2) is 23.0 Å². The molecule has 6 heteroatoms. The molecule has 25 heavy (non-hydrogen) atoms. The van der Waals surface area contributed by atoms with Gasteiger partial charge in [-0.15, -0.1) is 0 Å². The van der Waals surface area contributed by atoms with Crippen molar-refractivity contribution in [3.63, 3.8) is 0 Å². The summed E-state index contributed by atoms with van der Waals surface area (Å²) in [5.41, 5.74) is 16.7. The molecule has 0 aliphatic heterocycles. The molecule has 0 saturated heterocycles. The van der Waals surface area contributed by atoms with Crippen LogP contribution in [0.15, 0.2) is 42.6 Å². The highest BCUT2D eigenvalue weighted by Gasteiger charge is 2.30. The molecule has 1 heterocycles. The number of nitrogens with zero attached hydrogens (tertiary/aromatic N) is 1. The average molecular weight is 340 g/mol. The Kier molecular flexibility index (Phi) is 5.31. The standard InChI is InChI=1S/C19H24N4O2/c20-17-12-14(7-10-22-17)11-15-5-1-2-6-16(15)18(24)23-25-13-19(21)8-3-4-9-19/h1-2,5-7,10,12H,3-4,8-9,11,13,21H2,(H2,20,22)(H,23,24). The van der Waals surface area contributed by atoms with E-state index < -0.39 is 0 Å². The van der Waals surface area contributed by atoms with Crippen LogP contribution in [-0.2, 0) is 11.3 Å². The van der Waals surface area contributed by atoms with Crippen LogP contribution in [0.4, 0.5) is 5.82 Å². The summed E-state index contributed by atoms with van der Waals surface area (Å²) in [5.74, 6) is 0.201. The summed E-state index contributed by atoms with van der Waals surface area (Å²) in [5, 5.41) is 0. The maximum Gasteiger partial charge on any atom is 0.275 e. The minimum Gasteiger partial charge on any atom is -0.384 e. The predicted octanol–water partition coefficient (Wildman–Crippen LogP) is 2.19. The Hall–Kier alpha value is -2.44. The zero-order valence-electron chi connectivity index (χ0n) is 14.2. The Balaban J connectivity index is 1.64. The molecule has 0 spiro atoms. The molecule has 1 aliphatic carbocycles. The van der Waals surface area contributed by atoms with E-state index in [0.29, 0.717) is 24.4 Å². The molecular weight excluding hydrogens is 316 g/mol. The van der Waals surface area contributed by atoms with Crippen molar-refractivity contribution < 1.29 is 9.63 Å². The molecule has 0 bridgehead atoms. The van der Waals surface area contributed by atoms with E-state index in [2.05, 4.69) is 10.5 Å². The molecule has 0 radical (unpaired) electrons. The number of carbonyl (C=O) groups is 1. The Morgan fingerprint density at radius 1 is 1.24 bits per heavy atom. The first-order valence-corrected chi connectivity index (χ1v) is 8.55. The number of hydrogen-bond donors (Lipinski definition) is 3.